The number of nitrogens with two attached hydrogens (primary N) is 1. The van der Waals surface area contributed by atoms with Gasteiger partial charge in [0.05, 0.1) is 12.1 Å². The molecule has 1 heterocycles. The molecule has 5 atom stereocenters. The standard InChI is InChI=1S/C36H54N6O7/c1-7-38-35(48)49-19-27(36(4,5)6)40-34(47)41-28(24-17-22-10-8-9-11-23(22)18-24)33(46)42-15-14-25(20(2)3)29(42)32(45)39-26(16-21-12-13-21)30(43)31(37)44/h8-11,20-21,24-29H,7,12-19H2,1-6H3,(H2,37,44)(H,38,48)(H,39,45)(H2,40,41,47)/t25?,26?,27-,28+,29+/m1/s1. The minimum atomic E-state index is -1.10. The Balaban J connectivity index is 1.59. The first kappa shape index (κ1) is 37.7. The molecule has 2 aliphatic carbocycles. The van der Waals surface area contributed by atoms with Crippen LogP contribution in [0.4, 0.5) is 9.59 Å². The van der Waals surface area contributed by atoms with E-state index in [1.807, 2.05) is 58.9 Å². The summed E-state index contributed by atoms with van der Waals surface area (Å²) in [5, 5.41) is 11.2. The second-order valence-electron chi connectivity index (χ2n) is 15.2. The second kappa shape index (κ2) is 16.0. The minimum Gasteiger partial charge on any atom is -0.447 e. The number of carbonyl (C=O) groups excluding carboxylic acids is 6. The van der Waals surface area contributed by atoms with E-state index < -0.39 is 59.3 Å². The Morgan fingerprint density at radius 1 is 0.959 bits per heavy atom. The van der Waals surface area contributed by atoms with Crippen LogP contribution in [0.15, 0.2) is 24.3 Å². The molecular formula is C36H54N6O7. The van der Waals surface area contributed by atoms with Crippen molar-refractivity contribution in [2.75, 3.05) is 19.7 Å². The van der Waals surface area contributed by atoms with E-state index in [-0.39, 0.29) is 36.2 Å². The molecule has 0 bridgehead atoms. The summed E-state index contributed by atoms with van der Waals surface area (Å²) in [7, 11) is 0. The fourth-order valence-corrected chi connectivity index (χ4v) is 7.04. The number of carbonyl (C=O) groups is 6. The maximum Gasteiger partial charge on any atom is 0.407 e. The van der Waals surface area contributed by atoms with Crippen molar-refractivity contribution in [3.63, 3.8) is 0 Å². The third-order valence-electron chi connectivity index (χ3n) is 10.2. The van der Waals surface area contributed by atoms with E-state index in [2.05, 4.69) is 21.3 Å². The van der Waals surface area contributed by atoms with Crippen molar-refractivity contribution < 1.29 is 33.5 Å². The third-order valence-corrected chi connectivity index (χ3v) is 10.2. The van der Waals surface area contributed by atoms with Crippen LogP contribution in [0.5, 0.6) is 0 Å². The number of nitrogens with zero attached hydrogens (tertiary/aromatic N) is 1. The van der Waals surface area contributed by atoms with Crippen molar-refractivity contribution >= 4 is 35.6 Å². The van der Waals surface area contributed by atoms with E-state index in [0.29, 0.717) is 38.8 Å². The molecule has 1 aromatic rings. The van der Waals surface area contributed by atoms with Gasteiger partial charge in [0.15, 0.2) is 0 Å². The van der Waals surface area contributed by atoms with Gasteiger partial charge in [0.1, 0.15) is 18.7 Å². The summed E-state index contributed by atoms with van der Waals surface area (Å²) >= 11 is 0. The van der Waals surface area contributed by atoms with Gasteiger partial charge >= 0.3 is 12.1 Å². The zero-order valence-electron chi connectivity index (χ0n) is 29.7. The Morgan fingerprint density at radius 3 is 2.12 bits per heavy atom. The van der Waals surface area contributed by atoms with Gasteiger partial charge in [-0.2, -0.15) is 0 Å². The van der Waals surface area contributed by atoms with Crippen LogP contribution < -0.4 is 27.0 Å². The number of fused-ring (bicyclic) bond motifs is 1. The number of benzene rings is 1. The summed E-state index contributed by atoms with van der Waals surface area (Å²) in [6.07, 6.45) is 3.24. The maximum atomic E-state index is 14.7. The molecule has 1 saturated heterocycles. The van der Waals surface area contributed by atoms with Crippen molar-refractivity contribution in [1.29, 1.82) is 0 Å². The first-order chi connectivity index (χ1) is 23.1. The summed E-state index contributed by atoms with van der Waals surface area (Å²) in [6, 6.07) is 3.82. The van der Waals surface area contributed by atoms with E-state index in [1.165, 1.54) is 4.90 Å². The number of amides is 6. The van der Waals surface area contributed by atoms with E-state index in [4.69, 9.17) is 10.5 Å². The lowest BCUT2D eigenvalue weighted by molar-refractivity contribution is -0.143. The van der Waals surface area contributed by atoms with Crippen LogP contribution in [0.2, 0.25) is 0 Å². The zero-order valence-corrected chi connectivity index (χ0v) is 29.7. The number of nitrogens with one attached hydrogen (secondary N) is 4. The number of hydrogen-bond donors (Lipinski definition) is 5. The van der Waals surface area contributed by atoms with Gasteiger partial charge in [-0.3, -0.25) is 19.2 Å². The number of ketones is 1. The van der Waals surface area contributed by atoms with Crippen LogP contribution in [0.3, 0.4) is 0 Å². The van der Waals surface area contributed by atoms with Crippen molar-refractivity contribution in [1.82, 2.24) is 26.2 Å². The number of Topliss-reactive ketones (excluding diaryl/α,β-unsaturated/α-hetero) is 1. The lowest BCUT2D eigenvalue weighted by atomic mass is 9.87. The second-order valence-corrected chi connectivity index (χ2v) is 15.2. The zero-order chi connectivity index (χ0) is 36.0. The lowest BCUT2D eigenvalue weighted by Gasteiger charge is -2.35. The van der Waals surface area contributed by atoms with Gasteiger partial charge in [0.25, 0.3) is 5.91 Å². The number of rotatable bonds is 14. The number of hydrogen-bond acceptors (Lipinski definition) is 7. The molecule has 13 nitrogen and oxygen atoms in total. The fourth-order valence-electron chi connectivity index (χ4n) is 7.04. The number of likely N-dealkylation sites (tertiary alicyclic amines) is 1. The average Bonchev–Trinajstić information content (AvgIpc) is 3.56. The molecule has 1 aliphatic heterocycles. The van der Waals surface area contributed by atoms with Gasteiger partial charge in [0.2, 0.25) is 17.6 Å². The van der Waals surface area contributed by atoms with Crippen molar-refractivity contribution in [2.24, 2.45) is 34.8 Å². The summed E-state index contributed by atoms with van der Waals surface area (Å²) in [5.74, 6) is -3.06. The largest absolute Gasteiger partial charge is 0.447 e. The summed E-state index contributed by atoms with van der Waals surface area (Å²) in [5.41, 5.74) is 7.04. The number of alkyl carbamates (subject to hydrolysis) is 1. The summed E-state index contributed by atoms with van der Waals surface area (Å²) in [6.45, 7) is 12.1. The molecular weight excluding hydrogens is 628 g/mol. The molecule has 1 saturated carbocycles. The Labute approximate surface area is 289 Å². The minimum absolute atomic E-state index is 0.0326. The molecule has 270 valence electrons. The van der Waals surface area contributed by atoms with Crippen molar-refractivity contribution in [3.8, 4) is 0 Å². The molecule has 13 heteroatoms. The predicted octanol–water partition coefficient (Wildman–Crippen LogP) is 2.44. The highest BCUT2D eigenvalue weighted by atomic mass is 16.5. The Bertz CT molecular complexity index is 1380. The molecule has 6 amide bonds. The molecule has 3 aliphatic rings. The quantitative estimate of drug-likeness (QED) is 0.186. The number of urea groups is 1. The van der Waals surface area contributed by atoms with E-state index in [9.17, 15) is 28.8 Å². The van der Waals surface area contributed by atoms with Crippen LogP contribution >= 0.6 is 0 Å². The number of primary amides is 1. The Kier molecular flexibility index (Phi) is 12.3. The molecule has 0 aromatic heterocycles. The molecule has 1 aromatic carbocycles. The van der Waals surface area contributed by atoms with Crippen LogP contribution in [0, 0.1) is 29.1 Å². The van der Waals surface area contributed by atoms with Gasteiger partial charge < -0.3 is 36.6 Å². The summed E-state index contributed by atoms with van der Waals surface area (Å²) in [4.78, 5) is 80.5. The third kappa shape index (κ3) is 9.72. The predicted molar refractivity (Wildman–Crippen MR) is 183 cm³/mol. The normalized spacial score (nSPS) is 20.9. The maximum absolute atomic E-state index is 14.7. The molecule has 6 N–H and O–H groups in total. The Hall–Kier alpha value is -4.16. The Morgan fingerprint density at radius 2 is 1.59 bits per heavy atom. The molecule has 0 radical (unpaired) electrons. The smallest absolute Gasteiger partial charge is 0.407 e. The monoisotopic (exact) mass is 682 g/mol. The van der Waals surface area contributed by atoms with Crippen LogP contribution in [0.1, 0.15) is 78.4 Å². The van der Waals surface area contributed by atoms with Crippen LogP contribution in [0.25, 0.3) is 0 Å². The first-order valence-electron chi connectivity index (χ1n) is 17.6. The highest BCUT2D eigenvalue weighted by molar-refractivity contribution is 6.37. The highest BCUT2D eigenvalue weighted by Crippen LogP contribution is 2.36. The van der Waals surface area contributed by atoms with Gasteiger partial charge in [0, 0.05) is 13.1 Å². The lowest BCUT2D eigenvalue weighted by Crippen LogP contribution is -2.61. The van der Waals surface area contributed by atoms with E-state index >= 15 is 0 Å². The molecule has 0 spiro atoms. The van der Waals surface area contributed by atoms with Gasteiger partial charge in [-0.15, -0.1) is 0 Å². The topological polar surface area (TPSA) is 189 Å². The van der Waals surface area contributed by atoms with Gasteiger partial charge in [-0.25, -0.2) is 9.59 Å². The summed E-state index contributed by atoms with van der Waals surface area (Å²) < 4.78 is 5.35. The number of ether oxygens (including phenoxy) is 1. The van der Waals surface area contributed by atoms with E-state index in [1.54, 1.807) is 6.92 Å². The molecule has 2 fully saturated rings. The van der Waals surface area contributed by atoms with Crippen molar-refractivity contribution in [2.45, 2.75) is 104 Å². The van der Waals surface area contributed by atoms with Crippen molar-refractivity contribution in [3.05, 3.63) is 35.4 Å². The van der Waals surface area contributed by atoms with Crippen LogP contribution in [-0.4, -0.2) is 84.4 Å². The van der Waals surface area contributed by atoms with Crippen LogP contribution in [-0.2, 0) is 36.8 Å². The average molecular weight is 683 g/mol. The highest BCUT2D eigenvalue weighted by Gasteiger charge is 2.48. The molecule has 4 rings (SSSR count). The van der Waals surface area contributed by atoms with Gasteiger partial charge in [-0.1, -0.05) is 71.7 Å². The first-order valence-corrected chi connectivity index (χ1v) is 17.6. The van der Waals surface area contributed by atoms with E-state index in [0.717, 1.165) is 24.0 Å². The molecule has 2 unspecified atom stereocenters. The SMILES string of the molecule is CCNC(=O)OC[C@@H](NC(=O)N[C@H](C(=O)N1CCC(C(C)C)[C@H]1C(=O)NC(CC1CC1)C(=O)C(N)=O)C1Cc2ccccc2C1)C(C)(C)C. The fraction of sp³-hybridized carbons (Fsp3) is 0.667. The van der Waals surface area contributed by atoms with Gasteiger partial charge in [-0.05, 0) is 72.8 Å². The molecule has 49 heavy (non-hydrogen) atoms.